The van der Waals surface area contributed by atoms with Gasteiger partial charge in [-0.05, 0) is 60.7 Å². The minimum absolute atomic E-state index is 0.165. The number of benzene rings is 3. The van der Waals surface area contributed by atoms with Crippen molar-refractivity contribution in [2.24, 2.45) is 0 Å². The van der Waals surface area contributed by atoms with Gasteiger partial charge in [0, 0.05) is 17.4 Å². The molecule has 32 heavy (non-hydrogen) atoms. The van der Waals surface area contributed by atoms with Crippen LogP contribution in [0.2, 0.25) is 0 Å². The Morgan fingerprint density at radius 1 is 0.719 bits per heavy atom. The van der Waals surface area contributed by atoms with Crippen LogP contribution in [0.15, 0.2) is 102 Å². The van der Waals surface area contributed by atoms with Crippen molar-refractivity contribution >= 4 is 23.2 Å². The number of ether oxygens (including phenoxy) is 2. The molecule has 0 saturated carbocycles. The van der Waals surface area contributed by atoms with Crippen LogP contribution in [0.4, 0.5) is 11.4 Å². The molecule has 160 valence electrons. The second-order valence-corrected chi connectivity index (χ2v) is 6.74. The normalized spacial score (nSPS) is 10.2. The third-order valence-corrected chi connectivity index (χ3v) is 4.32. The van der Waals surface area contributed by atoms with Gasteiger partial charge in [-0.2, -0.15) is 0 Å². The molecule has 0 unspecified atom stereocenters. The van der Waals surface area contributed by atoms with Gasteiger partial charge in [0.2, 0.25) is 0 Å². The van der Waals surface area contributed by atoms with Gasteiger partial charge in [-0.3, -0.25) is 9.59 Å². The number of anilines is 2. The smallest absolute Gasteiger partial charge is 0.291 e. The number of carbonyl (C=O) groups excluding carboxylic acids is 2. The molecule has 2 N–H and O–H groups in total. The summed E-state index contributed by atoms with van der Waals surface area (Å²) in [7, 11) is 0. The molecule has 7 nitrogen and oxygen atoms in total. The monoisotopic (exact) mass is 428 g/mol. The number of hydrogen-bond donors (Lipinski definition) is 2. The lowest BCUT2D eigenvalue weighted by Crippen LogP contribution is -2.20. The summed E-state index contributed by atoms with van der Waals surface area (Å²) in [4.78, 5) is 24.2. The van der Waals surface area contributed by atoms with Gasteiger partial charge < -0.3 is 24.5 Å². The molecule has 0 fully saturated rings. The Kier molecular flexibility index (Phi) is 6.48. The number of para-hydroxylation sites is 1. The van der Waals surface area contributed by atoms with Crippen molar-refractivity contribution in [3.05, 3.63) is 103 Å². The molecule has 0 saturated heterocycles. The van der Waals surface area contributed by atoms with E-state index >= 15 is 0 Å². The predicted molar refractivity (Wildman–Crippen MR) is 120 cm³/mol. The summed E-state index contributed by atoms with van der Waals surface area (Å²) in [5.74, 6) is 1.39. The quantitative estimate of drug-likeness (QED) is 0.395. The third-order valence-electron chi connectivity index (χ3n) is 4.32. The first-order valence-electron chi connectivity index (χ1n) is 9.86. The van der Waals surface area contributed by atoms with Crippen LogP contribution in [0.5, 0.6) is 17.2 Å². The fourth-order valence-electron chi connectivity index (χ4n) is 2.84. The molecule has 3 aromatic carbocycles. The first-order valence-corrected chi connectivity index (χ1v) is 9.86. The highest BCUT2D eigenvalue weighted by Crippen LogP contribution is 2.24. The van der Waals surface area contributed by atoms with Crippen molar-refractivity contribution in [1.29, 1.82) is 0 Å². The number of nitrogens with one attached hydrogen (secondary N) is 2. The number of hydrogen-bond acceptors (Lipinski definition) is 5. The van der Waals surface area contributed by atoms with Gasteiger partial charge in [-0.1, -0.05) is 24.3 Å². The van der Waals surface area contributed by atoms with Crippen LogP contribution < -0.4 is 20.1 Å². The van der Waals surface area contributed by atoms with Crippen LogP contribution in [-0.2, 0) is 4.79 Å². The van der Waals surface area contributed by atoms with E-state index in [0.29, 0.717) is 28.6 Å². The molecular formula is C25H20N2O5. The molecule has 0 bridgehead atoms. The van der Waals surface area contributed by atoms with Crippen molar-refractivity contribution in [2.45, 2.75) is 0 Å². The minimum Gasteiger partial charge on any atom is -0.484 e. The van der Waals surface area contributed by atoms with Crippen LogP contribution in [0.1, 0.15) is 10.6 Å². The van der Waals surface area contributed by atoms with Crippen LogP contribution >= 0.6 is 0 Å². The van der Waals surface area contributed by atoms with Gasteiger partial charge in [-0.25, -0.2) is 0 Å². The Morgan fingerprint density at radius 2 is 1.50 bits per heavy atom. The van der Waals surface area contributed by atoms with E-state index in [4.69, 9.17) is 13.9 Å². The summed E-state index contributed by atoms with van der Waals surface area (Å²) in [5.41, 5.74) is 1.18. The molecule has 7 heteroatoms. The molecule has 0 aliphatic rings. The van der Waals surface area contributed by atoms with E-state index in [1.807, 2.05) is 36.4 Å². The van der Waals surface area contributed by atoms with Crippen molar-refractivity contribution in [3.63, 3.8) is 0 Å². The Morgan fingerprint density at radius 3 is 2.25 bits per heavy atom. The highest BCUT2D eigenvalue weighted by atomic mass is 16.5. The number of furan rings is 1. The maximum absolute atomic E-state index is 12.3. The molecule has 0 spiro atoms. The van der Waals surface area contributed by atoms with E-state index in [2.05, 4.69) is 10.6 Å². The fraction of sp³-hybridized carbons (Fsp3) is 0.0400. The average Bonchev–Trinajstić information content (AvgIpc) is 3.35. The number of carbonyl (C=O) groups is 2. The molecule has 0 atom stereocenters. The lowest BCUT2D eigenvalue weighted by molar-refractivity contribution is -0.118. The Hall–Kier alpha value is -4.52. The number of rotatable bonds is 8. The Bertz CT molecular complexity index is 1170. The van der Waals surface area contributed by atoms with Crippen molar-refractivity contribution in [2.75, 3.05) is 17.2 Å². The summed E-state index contributed by atoms with van der Waals surface area (Å²) in [6.45, 7) is -0.165. The topological polar surface area (TPSA) is 89.8 Å². The molecule has 0 aliphatic heterocycles. The zero-order valence-electron chi connectivity index (χ0n) is 17.0. The zero-order valence-corrected chi connectivity index (χ0v) is 17.0. The average molecular weight is 428 g/mol. The molecular weight excluding hydrogens is 408 g/mol. The van der Waals surface area contributed by atoms with Gasteiger partial charge in [-0.15, -0.1) is 0 Å². The summed E-state index contributed by atoms with van der Waals surface area (Å²) in [6, 6.07) is 26.4. The maximum atomic E-state index is 12.3. The summed E-state index contributed by atoms with van der Waals surface area (Å²) in [6.07, 6.45) is 1.43. The lowest BCUT2D eigenvalue weighted by atomic mass is 10.3. The van der Waals surface area contributed by atoms with E-state index in [0.717, 1.165) is 0 Å². The van der Waals surface area contributed by atoms with Gasteiger partial charge in [0.15, 0.2) is 12.4 Å². The maximum Gasteiger partial charge on any atom is 0.291 e. The van der Waals surface area contributed by atoms with Crippen molar-refractivity contribution in [1.82, 2.24) is 0 Å². The van der Waals surface area contributed by atoms with Crippen LogP contribution in [0.25, 0.3) is 0 Å². The summed E-state index contributed by atoms with van der Waals surface area (Å²) >= 11 is 0. The van der Waals surface area contributed by atoms with Crippen molar-refractivity contribution < 1.29 is 23.5 Å². The largest absolute Gasteiger partial charge is 0.484 e. The fourth-order valence-corrected chi connectivity index (χ4v) is 2.84. The van der Waals surface area contributed by atoms with Gasteiger partial charge >= 0.3 is 0 Å². The third kappa shape index (κ3) is 5.76. The Labute approximate surface area is 184 Å². The molecule has 4 rings (SSSR count). The van der Waals surface area contributed by atoms with Crippen LogP contribution in [0, 0.1) is 0 Å². The minimum atomic E-state index is -0.346. The van der Waals surface area contributed by atoms with E-state index < -0.39 is 0 Å². The molecule has 4 aromatic rings. The first kappa shape index (κ1) is 20.7. The summed E-state index contributed by atoms with van der Waals surface area (Å²) < 4.78 is 16.4. The molecule has 0 radical (unpaired) electrons. The summed E-state index contributed by atoms with van der Waals surface area (Å²) in [5, 5.41) is 5.49. The van der Waals surface area contributed by atoms with E-state index in [9.17, 15) is 9.59 Å². The lowest BCUT2D eigenvalue weighted by Gasteiger charge is -2.10. The number of amides is 2. The van der Waals surface area contributed by atoms with E-state index in [1.54, 1.807) is 54.6 Å². The van der Waals surface area contributed by atoms with Crippen LogP contribution in [-0.4, -0.2) is 18.4 Å². The molecule has 0 aliphatic carbocycles. The SMILES string of the molecule is O=C(COc1ccc(NC(=O)c2ccco2)cc1)Nc1cccc(Oc2ccccc2)c1. The standard InChI is InChI=1S/C25H20N2O5/c28-24(26-19-6-4-9-22(16-19)32-21-7-2-1-3-8-21)17-31-20-13-11-18(12-14-20)27-25(29)23-10-5-15-30-23/h1-16H,17H2,(H,26,28)(H,27,29). The van der Waals surface area contributed by atoms with Gasteiger partial charge in [0.05, 0.1) is 6.26 Å². The van der Waals surface area contributed by atoms with Crippen molar-refractivity contribution in [3.8, 4) is 17.2 Å². The highest BCUT2D eigenvalue weighted by molar-refractivity contribution is 6.02. The zero-order chi connectivity index (χ0) is 22.2. The highest BCUT2D eigenvalue weighted by Gasteiger charge is 2.09. The molecule has 1 heterocycles. The first-order chi connectivity index (χ1) is 15.7. The van der Waals surface area contributed by atoms with Crippen LogP contribution in [0.3, 0.4) is 0 Å². The second kappa shape index (κ2) is 9.99. The van der Waals surface area contributed by atoms with Gasteiger partial charge in [0.1, 0.15) is 17.2 Å². The predicted octanol–water partition coefficient (Wildman–Crippen LogP) is 5.34. The van der Waals surface area contributed by atoms with E-state index in [-0.39, 0.29) is 24.2 Å². The molecule has 1 aromatic heterocycles. The Balaban J connectivity index is 1.27. The second-order valence-electron chi connectivity index (χ2n) is 6.74. The molecule has 2 amide bonds. The van der Waals surface area contributed by atoms with Gasteiger partial charge in [0.25, 0.3) is 11.8 Å². The van der Waals surface area contributed by atoms with E-state index in [1.165, 1.54) is 6.26 Å².